The number of piperidine rings is 1. The van der Waals surface area contributed by atoms with Gasteiger partial charge in [-0.3, -0.25) is 10.1 Å². The summed E-state index contributed by atoms with van der Waals surface area (Å²) in [6, 6.07) is 6.46. The average Bonchev–Trinajstić information content (AvgIpc) is 2.57. The third-order valence-corrected chi connectivity index (χ3v) is 3.85. The molecule has 0 aliphatic carbocycles. The number of rotatable bonds is 4. The van der Waals surface area contributed by atoms with Gasteiger partial charge in [-0.1, -0.05) is 11.6 Å². The zero-order chi connectivity index (χ0) is 16.2. The van der Waals surface area contributed by atoms with Crippen molar-refractivity contribution >= 4 is 23.1 Å². The lowest BCUT2D eigenvalue weighted by molar-refractivity contribution is -0.384. The molecule has 2 aromatic rings. The molecule has 7 nitrogen and oxygen atoms in total. The molecule has 1 saturated heterocycles. The minimum absolute atomic E-state index is 0.0118. The molecule has 1 unspecified atom stereocenters. The first-order valence-electron chi connectivity index (χ1n) is 7.26. The molecule has 3 heterocycles. The predicted molar refractivity (Wildman–Crippen MR) is 86.0 cm³/mol. The molecule has 1 fully saturated rings. The van der Waals surface area contributed by atoms with E-state index in [1.165, 1.54) is 12.3 Å². The lowest BCUT2D eigenvalue weighted by Crippen LogP contribution is -2.42. The number of halogens is 1. The SMILES string of the molecule is O=[N+]([O-])c1cccnc1N1CCCC(Oc2ccc(Cl)cn2)C1. The molecule has 23 heavy (non-hydrogen) atoms. The largest absolute Gasteiger partial charge is 0.472 e. The van der Waals surface area contributed by atoms with E-state index in [2.05, 4.69) is 9.97 Å². The van der Waals surface area contributed by atoms with Gasteiger partial charge < -0.3 is 9.64 Å². The topological polar surface area (TPSA) is 81.4 Å². The molecule has 8 heteroatoms. The Hall–Kier alpha value is -2.41. The van der Waals surface area contributed by atoms with Crippen molar-refractivity contribution in [1.29, 1.82) is 0 Å². The van der Waals surface area contributed by atoms with Gasteiger partial charge in [0.2, 0.25) is 11.7 Å². The zero-order valence-electron chi connectivity index (χ0n) is 12.3. The highest BCUT2D eigenvalue weighted by Crippen LogP contribution is 2.28. The van der Waals surface area contributed by atoms with Crippen LogP contribution < -0.4 is 9.64 Å². The summed E-state index contributed by atoms with van der Waals surface area (Å²) in [5, 5.41) is 11.7. The van der Waals surface area contributed by atoms with Gasteiger partial charge in [-0.05, 0) is 25.0 Å². The monoisotopic (exact) mass is 334 g/mol. The molecule has 1 aliphatic heterocycles. The number of nitro groups is 1. The van der Waals surface area contributed by atoms with Crippen LogP contribution in [-0.4, -0.2) is 34.1 Å². The summed E-state index contributed by atoms with van der Waals surface area (Å²) in [6.07, 6.45) is 4.72. The average molecular weight is 335 g/mol. The Morgan fingerprint density at radius 3 is 2.96 bits per heavy atom. The van der Waals surface area contributed by atoms with Crippen LogP contribution in [0.4, 0.5) is 11.5 Å². The number of anilines is 1. The molecule has 0 spiro atoms. The van der Waals surface area contributed by atoms with Crippen LogP contribution in [0.3, 0.4) is 0 Å². The highest BCUT2D eigenvalue weighted by molar-refractivity contribution is 6.30. The van der Waals surface area contributed by atoms with Gasteiger partial charge in [-0.25, -0.2) is 9.97 Å². The van der Waals surface area contributed by atoms with Crippen molar-refractivity contribution in [2.24, 2.45) is 0 Å². The van der Waals surface area contributed by atoms with E-state index in [1.807, 2.05) is 4.90 Å². The third kappa shape index (κ3) is 3.68. The van der Waals surface area contributed by atoms with Gasteiger partial charge in [0.15, 0.2) is 0 Å². The Kier molecular flexibility index (Phi) is 4.57. The summed E-state index contributed by atoms with van der Waals surface area (Å²) in [5.41, 5.74) is 0.0118. The van der Waals surface area contributed by atoms with Crippen LogP contribution in [0.2, 0.25) is 5.02 Å². The highest BCUT2D eigenvalue weighted by Gasteiger charge is 2.27. The second kappa shape index (κ2) is 6.78. The minimum atomic E-state index is -0.409. The van der Waals surface area contributed by atoms with E-state index in [4.69, 9.17) is 16.3 Å². The standard InChI is InChI=1S/C15H15ClN4O3/c16-11-5-6-14(18-9-11)23-12-3-2-8-19(10-12)15-13(20(21)22)4-1-7-17-15/h1,4-7,9,12H,2-3,8,10H2. The van der Waals surface area contributed by atoms with Gasteiger partial charge in [0.05, 0.1) is 16.5 Å². The third-order valence-electron chi connectivity index (χ3n) is 3.63. The summed E-state index contributed by atoms with van der Waals surface area (Å²) in [4.78, 5) is 20.9. The van der Waals surface area contributed by atoms with E-state index in [0.717, 1.165) is 12.8 Å². The van der Waals surface area contributed by atoms with Crippen LogP contribution in [0.1, 0.15) is 12.8 Å². The molecular formula is C15H15ClN4O3. The van der Waals surface area contributed by atoms with E-state index >= 15 is 0 Å². The number of hydrogen-bond acceptors (Lipinski definition) is 6. The van der Waals surface area contributed by atoms with E-state index in [0.29, 0.717) is 29.8 Å². The number of nitrogens with zero attached hydrogens (tertiary/aromatic N) is 4. The molecule has 0 aromatic carbocycles. The second-order valence-electron chi connectivity index (χ2n) is 5.25. The zero-order valence-corrected chi connectivity index (χ0v) is 13.0. The number of ether oxygens (including phenoxy) is 1. The van der Waals surface area contributed by atoms with Crippen molar-refractivity contribution in [3.05, 3.63) is 51.8 Å². The Bertz CT molecular complexity index is 695. The lowest BCUT2D eigenvalue weighted by Gasteiger charge is -2.33. The molecule has 3 rings (SSSR count). The maximum Gasteiger partial charge on any atom is 0.311 e. The fraction of sp³-hybridized carbons (Fsp3) is 0.333. The number of pyridine rings is 2. The van der Waals surface area contributed by atoms with Crippen LogP contribution in [-0.2, 0) is 0 Å². The first-order chi connectivity index (χ1) is 11.1. The van der Waals surface area contributed by atoms with Gasteiger partial charge in [0.1, 0.15) is 6.10 Å². The quantitative estimate of drug-likeness (QED) is 0.631. The Morgan fingerprint density at radius 1 is 1.35 bits per heavy atom. The molecule has 0 amide bonds. The molecule has 0 bridgehead atoms. The van der Waals surface area contributed by atoms with Crippen LogP contribution in [0.5, 0.6) is 5.88 Å². The molecular weight excluding hydrogens is 320 g/mol. The first kappa shape index (κ1) is 15.5. The van der Waals surface area contributed by atoms with Crippen LogP contribution in [0, 0.1) is 10.1 Å². The van der Waals surface area contributed by atoms with E-state index < -0.39 is 4.92 Å². The first-order valence-corrected chi connectivity index (χ1v) is 7.64. The van der Waals surface area contributed by atoms with Gasteiger partial charge in [0, 0.05) is 31.1 Å². The molecule has 2 aromatic heterocycles. The summed E-state index contributed by atoms with van der Waals surface area (Å²) in [7, 11) is 0. The summed E-state index contributed by atoms with van der Waals surface area (Å²) >= 11 is 5.81. The molecule has 120 valence electrons. The fourth-order valence-electron chi connectivity index (χ4n) is 2.60. The van der Waals surface area contributed by atoms with E-state index in [9.17, 15) is 10.1 Å². The number of aromatic nitrogens is 2. The fourth-order valence-corrected chi connectivity index (χ4v) is 2.72. The Balaban J connectivity index is 1.73. The van der Waals surface area contributed by atoms with Gasteiger partial charge in [0.25, 0.3) is 0 Å². The van der Waals surface area contributed by atoms with E-state index in [-0.39, 0.29) is 11.8 Å². The van der Waals surface area contributed by atoms with Crippen LogP contribution in [0.15, 0.2) is 36.7 Å². The van der Waals surface area contributed by atoms with Crippen molar-refractivity contribution in [1.82, 2.24) is 9.97 Å². The van der Waals surface area contributed by atoms with Crippen molar-refractivity contribution in [2.45, 2.75) is 18.9 Å². The highest BCUT2D eigenvalue weighted by atomic mass is 35.5. The van der Waals surface area contributed by atoms with E-state index in [1.54, 1.807) is 24.4 Å². The van der Waals surface area contributed by atoms with Gasteiger partial charge >= 0.3 is 5.69 Å². The maximum atomic E-state index is 11.2. The smallest absolute Gasteiger partial charge is 0.311 e. The summed E-state index contributed by atoms with van der Waals surface area (Å²) in [6.45, 7) is 1.24. The van der Waals surface area contributed by atoms with Crippen molar-refractivity contribution in [3.63, 3.8) is 0 Å². The van der Waals surface area contributed by atoms with Gasteiger partial charge in [-0.2, -0.15) is 0 Å². The number of hydrogen-bond donors (Lipinski definition) is 0. The molecule has 0 N–H and O–H groups in total. The second-order valence-corrected chi connectivity index (χ2v) is 5.68. The summed E-state index contributed by atoms with van der Waals surface area (Å²) in [5.74, 6) is 0.881. The van der Waals surface area contributed by atoms with Gasteiger partial charge in [-0.15, -0.1) is 0 Å². The molecule has 0 saturated carbocycles. The predicted octanol–water partition coefficient (Wildman–Crippen LogP) is 3.09. The Labute approximate surface area is 138 Å². The Morgan fingerprint density at radius 2 is 2.22 bits per heavy atom. The summed E-state index contributed by atoms with van der Waals surface area (Å²) < 4.78 is 5.85. The normalized spacial score (nSPS) is 17.8. The van der Waals surface area contributed by atoms with Crippen molar-refractivity contribution in [2.75, 3.05) is 18.0 Å². The maximum absolute atomic E-state index is 11.2. The van der Waals surface area contributed by atoms with Crippen LogP contribution >= 0.6 is 11.6 Å². The van der Waals surface area contributed by atoms with Crippen molar-refractivity contribution in [3.8, 4) is 5.88 Å². The lowest BCUT2D eigenvalue weighted by atomic mass is 10.1. The molecule has 1 aliphatic rings. The minimum Gasteiger partial charge on any atom is -0.472 e. The molecule has 1 atom stereocenters. The van der Waals surface area contributed by atoms with Crippen molar-refractivity contribution < 1.29 is 9.66 Å². The molecule has 0 radical (unpaired) electrons. The van der Waals surface area contributed by atoms with Crippen LogP contribution in [0.25, 0.3) is 0 Å².